The first-order chi connectivity index (χ1) is 14.7. The zero-order chi connectivity index (χ0) is 20.8. The van der Waals surface area contributed by atoms with Gasteiger partial charge < -0.3 is 10.1 Å². The van der Waals surface area contributed by atoms with Crippen molar-refractivity contribution in [3.8, 4) is 17.2 Å². The number of nitrogens with one attached hydrogen (secondary N) is 1. The molecule has 2 aromatic carbocycles. The normalized spacial score (nSPS) is 10.6. The number of amides is 1. The van der Waals surface area contributed by atoms with Gasteiger partial charge in [0.25, 0.3) is 0 Å². The van der Waals surface area contributed by atoms with Crippen molar-refractivity contribution in [3.63, 3.8) is 0 Å². The number of rotatable bonds is 7. The molecule has 0 bridgehead atoms. The number of hydrogen-bond acceptors (Lipinski definition) is 4. The Bertz CT molecular complexity index is 1120. The highest BCUT2D eigenvalue weighted by Crippen LogP contribution is 2.26. The Morgan fingerprint density at radius 3 is 2.70 bits per heavy atom. The average molecular weight is 398 g/mol. The van der Waals surface area contributed by atoms with Gasteiger partial charge in [-0.1, -0.05) is 18.2 Å². The molecule has 4 aromatic rings. The van der Waals surface area contributed by atoms with E-state index in [2.05, 4.69) is 15.4 Å². The molecule has 0 aliphatic rings. The van der Waals surface area contributed by atoms with Crippen LogP contribution in [0.5, 0.6) is 11.5 Å². The predicted octanol–water partition coefficient (Wildman–Crippen LogP) is 4.94. The standard InChI is InChI=1S/C24H22N4O2/c1-18-14-20(10-11-23(18)30-22-8-5-13-25-16-22)27-24(29)12-9-19-15-26-28(17-19)21-6-3-2-4-7-21/h2-8,10-11,13-17H,9,12H2,1H3,(H,27,29). The van der Waals surface area contributed by atoms with Crippen LogP contribution >= 0.6 is 0 Å². The van der Waals surface area contributed by atoms with Crippen LogP contribution in [0.25, 0.3) is 5.69 Å². The van der Waals surface area contributed by atoms with Crippen molar-refractivity contribution in [3.05, 3.63) is 96.6 Å². The maximum Gasteiger partial charge on any atom is 0.224 e. The number of aromatic nitrogens is 3. The molecule has 1 amide bonds. The Balaban J connectivity index is 1.32. The fourth-order valence-corrected chi connectivity index (χ4v) is 3.07. The molecule has 0 aliphatic heterocycles. The number of benzene rings is 2. The summed E-state index contributed by atoms with van der Waals surface area (Å²) in [5, 5.41) is 7.32. The summed E-state index contributed by atoms with van der Waals surface area (Å²) in [4.78, 5) is 16.4. The quantitative estimate of drug-likeness (QED) is 0.479. The summed E-state index contributed by atoms with van der Waals surface area (Å²) >= 11 is 0. The maximum atomic E-state index is 12.4. The molecule has 0 fully saturated rings. The van der Waals surface area contributed by atoms with Crippen molar-refractivity contribution < 1.29 is 9.53 Å². The zero-order valence-corrected chi connectivity index (χ0v) is 16.7. The number of nitrogens with zero attached hydrogens (tertiary/aromatic N) is 3. The van der Waals surface area contributed by atoms with Crippen molar-refractivity contribution in [1.29, 1.82) is 0 Å². The largest absolute Gasteiger partial charge is 0.455 e. The monoisotopic (exact) mass is 398 g/mol. The lowest BCUT2D eigenvalue weighted by molar-refractivity contribution is -0.116. The molecule has 2 heterocycles. The van der Waals surface area contributed by atoms with E-state index in [9.17, 15) is 4.79 Å². The topological polar surface area (TPSA) is 69.0 Å². The van der Waals surface area contributed by atoms with Crippen molar-refractivity contribution in [2.24, 2.45) is 0 Å². The van der Waals surface area contributed by atoms with Gasteiger partial charge in [0.2, 0.25) is 5.91 Å². The first-order valence-corrected chi connectivity index (χ1v) is 9.75. The average Bonchev–Trinajstić information content (AvgIpc) is 3.25. The van der Waals surface area contributed by atoms with Crippen LogP contribution in [0.2, 0.25) is 0 Å². The summed E-state index contributed by atoms with van der Waals surface area (Å²) in [5.41, 5.74) is 3.69. The number of pyridine rings is 1. The van der Waals surface area contributed by atoms with E-state index in [0.29, 0.717) is 18.6 Å². The van der Waals surface area contributed by atoms with Gasteiger partial charge in [-0.15, -0.1) is 0 Å². The van der Waals surface area contributed by atoms with E-state index in [0.717, 1.165) is 28.3 Å². The lowest BCUT2D eigenvalue weighted by Crippen LogP contribution is -2.12. The summed E-state index contributed by atoms with van der Waals surface area (Å²) in [5.74, 6) is 1.37. The molecule has 0 aliphatic carbocycles. The van der Waals surface area contributed by atoms with E-state index < -0.39 is 0 Å². The third kappa shape index (κ3) is 4.91. The Morgan fingerprint density at radius 1 is 1.07 bits per heavy atom. The highest BCUT2D eigenvalue weighted by Gasteiger charge is 2.08. The summed E-state index contributed by atoms with van der Waals surface area (Å²) in [6, 6.07) is 19.2. The van der Waals surface area contributed by atoms with Crippen LogP contribution in [0.1, 0.15) is 17.5 Å². The van der Waals surface area contributed by atoms with Gasteiger partial charge >= 0.3 is 0 Å². The van der Waals surface area contributed by atoms with Crippen LogP contribution < -0.4 is 10.1 Å². The molecule has 1 N–H and O–H groups in total. The van der Waals surface area contributed by atoms with Crippen LogP contribution in [0.15, 0.2) is 85.5 Å². The van der Waals surface area contributed by atoms with Crippen molar-refractivity contribution in [1.82, 2.24) is 14.8 Å². The smallest absolute Gasteiger partial charge is 0.224 e. The number of aryl methyl sites for hydroxylation is 2. The number of para-hydroxylation sites is 1. The molecule has 0 atom stereocenters. The second-order valence-corrected chi connectivity index (χ2v) is 6.95. The van der Waals surface area contributed by atoms with E-state index in [1.165, 1.54) is 0 Å². The molecule has 0 spiro atoms. The highest BCUT2D eigenvalue weighted by atomic mass is 16.5. The van der Waals surface area contributed by atoms with Crippen LogP contribution in [0.4, 0.5) is 5.69 Å². The van der Waals surface area contributed by atoms with Gasteiger partial charge in [0.1, 0.15) is 11.5 Å². The van der Waals surface area contributed by atoms with Crippen LogP contribution in [0, 0.1) is 6.92 Å². The number of anilines is 1. The van der Waals surface area contributed by atoms with Crippen molar-refractivity contribution in [2.75, 3.05) is 5.32 Å². The van der Waals surface area contributed by atoms with Gasteiger partial charge in [-0.05, 0) is 66.9 Å². The summed E-state index contributed by atoms with van der Waals surface area (Å²) in [6.45, 7) is 1.94. The number of carbonyl (C=O) groups excluding carboxylic acids is 1. The Morgan fingerprint density at radius 2 is 1.93 bits per heavy atom. The fraction of sp³-hybridized carbons (Fsp3) is 0.125. The van der Waals surface area contributed by atoms with Gasteiger partial charge in [-0.3, -0.25) is 9.78 Å². The third-order valence-electron chi connectivity index (χ3n) is 4.62. The predicted molar refractivity (Wildman–Crippen MR) is 116 cm³/mol. The Labute approximate surface area is 175 Å². The third-order valence-corrected chi connectivity index (χ3v) is 4.62. The first-order valence-electron chi connectivity index (χ1n) is 9.75. The minimum absolute atomic E-state index is 0.0391. The second kappa shape index (κ2) is 9.05. The molecule has 4 rings (SSSR count). The lowest BCUT2D eigenvalue weighted by Gasteiger charge is -2.11. The van der Waals surface area contributed by atoms with E-state index in [1.807, 2.05) is 78.5 Å². The molecule has 0 radical (unpaired) electrons. The minimum atomic E-state index is -0.0391. The lowest BCUT2D eigenvalue weighted by atomic mass is 10.1. The molecule has 2 aromatic heterocycles. The van der Waals surface area contributed by atoms with Crippen LogP contribution in [0.3, 0.4) is 0 Å². The van der Waals surface area contributed by atoms with Gasteiger partial charge in [-0.2, -0.15) is 5.10 Å². The molecular formula is C24H22N4O2. The maximum absolute atomic E-state index is 12.4. The van der Waals surface area contributed by atoms with E-state index >= 15 is 0 Å². The number of carbonyl (C=O) groups is 1. The van der Waals surface area contributed by atoms with Gasteiger partial charge in [0, 0.05) is 24.5 Å². The fourth-order valence-electron chi connectivity index (χ4n) is 3.07. The molecule has 0 saturated carbocycles. The summed E-state index contributed by atoms with van der Waals surface area (Å²) in [7, 11) is 0. The molecule has 0 unspecified atom stereocenters. The van der Waals surface area contributed by atoms with Gasteiger partial charge in [-0.25, -0.2) is 4.68 Å². The molecule has 6 heteroatoms. The minimum Gasteiger partial charge on any atom is -0.455 e. The van der Waals surface area contributed by atoms with E-state index in [4.69, 9.17) is 4.74 Å². The van der Waals surface area contributed by atoms with E-state index in [-0.39, 0.29) is 5.91 Å². The van der Waals surface area contributed by atoms with Crippen molar-refractivity contribution >= 4 is 11.6 Å². The molecular weight excluding hydrogens is 376 g/mol. The SMILES string of the molecule is Cc1cc(NC(=O)CCc2cnn(-c3ccccc3)c2)ccc1Oc1cccnc1. The molecule has 6 nitrogen and oxygen atoms in total. The number of ether oxygens (including phenoxy) is 1. The summed E-state index contributed by atoms with van der Waals surface area (Å²) in [6.07, 6.45) is 8.12. The highest BCUT2D eigenvalue weighted by molar-refractivity contribution is 5.91. The summed E-state index contributed by atoms with van der Waals surface area (Å²) < 4.78 is 7.65. The second-order valence-electron chi connectivity index (χ2n) is 6.95. The van der Waals surface area contributed by atoms with Crippen molar-refractivity contribution in [2.45, 2.75) is 19.8 Å². The first kappa shape index (κ1) is 19.4. The van der Waals surface area contributed by atoms with Crippen LogP contribution in [-0.2, 0) is 11.2 Å². The molecule has 0 saturated heterocycles. The Kier molecular flexibility index (Phi) is 5.85. The van der Waals surface area contributed by atoms with Gasteiger partial charge in [0.05, 0.1) is 18.1 Å². The zero-order valence-electron chi connectivity index (χ0n) is 16.7. The van der Waals surface area contributed by atoms with Crippen LogP contribution in [-0.4, -0.2) is 20.7 Å². The number of hydrogen-bond donors (Lipinski definition) is 1. The molecule has 30 heavy (non-hydrogen) atoms. The van der Waals surface area contributed by atoms with E-state index in [1.54, 1.807) is 18.6 Å². The molecule has 150 valence electrons. The van der Waals surface area contributed by atoms with Gasteiger partial charge in [0.15, 0.2) is 0 Å². The Hall–Kier alpha value is -3.93.